The van der Waals surface area contributed by atoms with Crippen molar-refractivity contribution in [3.63, 3.8) is 0 Å². The maximum Gasteiger partial charge on any atom is 0.0662 e. The van der Waals surface area contributed by atoms with Crippen LogP contribution in [-0.2, 0) is 6.42 Å². The first-order valence-electron chi connectivity index (χ1n) is 10.5. The molecule has 0 radical (unpaired) electrons. The van der Waals surface area contributed by atoms with Gasteiger partial charge in [-0.2, -0.15) is 0 Å². The van der Waals surface area contributed by atoms with Gasteiger partial charge in [0.1, 0.15) is 0 Å². The Hall–Kier alpha value is -3.46. The number of allylic oxidation sites excluding steroid dienone is 1. The second-order valence-corrected chi connectivity index (χ2v) is 7.06. The molecule has 0 fully saturated rings. The smallest absolute Gasteiger partial charge is 0.0662 e. The van der Waals surface area contributed by atoms with Crippen LogP contribution in [-0.4, -0.2) is 23.4 Å². The van der Waals surface area contributed by atoms with Gasteiger partial charge in [-0.25, -0.2) is 0 Å². The van der Waals surface area contributed by atoms with E-state index in [0.29, 0.717) is 0 Å². The van der Waals surface area contributed by atoms with Crippen molar-refractivity contribution in [2.75, 3.05) is 13.2 Å². The molecule has 4 rings (SSSR count). The summed E-state index contributed by atoms with van der Waals surface area (Å²) in [5, 5.41) is 15.2. The monoisotopic (exact) mass is 408 g/mol. The first-order chi connectivity index (χ1) is 15.3. The molecule has 0 aromatic heterocycles. The Bertz CT molecular complexity index is 997. The third kappa shape index (κ3) is 6.51. The molecule has 0 aliphatic heterocycles. The average Bonchev–Trinajstić information content (AvgIpc) is 2.86. The summed E-state index contributed by atoms with van der Waals surface area (Å²) in [6.07, 6.45) is 0.893. The maximum atomic E-state index is 7.62. The molecule has 0 atom stereocenters. The van der Waals surface area contributed by atoms with Gasteiger partial charge in [-0.1, -0.05) is 121 Å². The van der Waals surface area contributed by atoms with Gasteiger partial charge in [0.25, 0.3) is 0 Å². The topological polar surface area (TPSA) is 40.5 Å². The number of hydrogen-bond acceptors (Lipinski definition) is 2. The van der Waals surface area contributed by atoms with Crippen molar-refractivity contribution in [3.05, 3.63) is 144 Å². The molecule has 0 unspecified atom stereocenters. The molecule has 0 saturated heterocycles. The van der Waals surface area contributed by atoms with Crippen LogP contribution < -0.4 is 0 Å². The van der Waals surface area contributed by atoms with Crippen LogP contribution in [0.3, 0.4) is 0 Å². The second kappa shape index (κ2) is 12.3. The lowest BCUT2D eigenvalue weighted by Gasteiger charge is -2.18. The van der Waals surface area contributed by atoms with Gasteiger partial charge in [-0.3, -0.25) is 0 Å². The van der Waals surface area contributed by atoms with Crippen molar-refractivity contribution in [1.29, 1.82) is 0 Å². The first kappa shape index (κ1) is 22.2. The van der Waals surface area contributed by atoms with Gasteiger partial charge in [0.15, 0.2) is 0 Å². The largest absolute Gasteiger partial charge is 0.394 e. The van der Waals surface area contributed by atoms with Crippen LogP contribution in [0.15, 0.2) is 121 Å². The van der Waals surface area contributed by atoms with Gasteiger partial charge in [0, 0.05) is 0 Å². The highest BCUT2D eigenvalue weighted by atomic mass is 16.3. The highest BCUT2D eigenvalue weighted by Gasteiger charge is 2.14. The fraction of sp³-hybridized carbons (Fsp3) is 0.103. The standard InChI is InChI=1S/C27H22.C2H6O2/c1-5-13-22(14-6-1)21-26(23-15-7-2-8-16-23)27(24-17-9-3-10-18-24)25-19-11-4-12-20-25;3-1-2-4/h1-20H,21H2;3-4H,1-2H2. The van der Waals surface area contributed by atoms with Crippen LogP contribution in [0.4, 0.5) is 0 Å². The van der Waals surface area contributed by atoms with Crippen LogP contribution in [0, 0.1) is 0 Å². The number of aliphatic hydroxyl groups is 2. The minimum absolute atomic E-state index is 0.125. The molecule has 2 heteroatoms. The van der Waals surface area contributed by atoms with Crippen molar-refractivity contribution in [2.24, 2.45) is 0 Å². The number of hydrogen-bond donors (Lipinski definition) is 2. The summed E-state index contributed by atoms with van der Waals surface area (Å²) in [5.41, 5.74) is 7.73. The molecule has 0 amide bonds. The van der Waals surface area contributed by atoms with Crippen molar-refractivity contribution < 1.29 is 10.2 Å². The zero-order chi connectivity index (χ0) is 21.7. The zero-order valence-electron chi connectivity index (χ0n) is 17.6. The Morgan fingerprint density at radius 3 is 1.19 bits per heavy atom. The van der Waals surface area contributed by atoms with E-state index in [1.54, 1.807) is 0 Å². The molecule has 0 spiro atoms. The van der Waals surface area contributed by atoms with Crippen molar-refractivity contribution in [2.45, 2.75) is 6.42 Å². The summed E-state index contributed by atoms with van der Waals surface area (Å²) >= 11 is 0. The number of benzene rings is 4. The fourth-order valence-electron chi connectivity index (χ4n) is 3.50. The SMILES string of the molecule is OCCO.c1ccc(CC(=C(c2ccccc2)c2ccccc2)c2ccccc2)cc1. The summed E-state index contributed by atoms with van der Waals surface area (Å²) in [6.45, 7) is -0.250. The average molecular weight is 409 g/mol. The number of rotatable bonds is 6. The van der Waals surface area contributed by atoms with Gasteiger partial charge in [-0.15, -0.1) is 0 Å². The van der Waals surface area contributed by atoms with Gasteiger partial charge < -0.3 is 10.2 Å². The molecular formula is C29H28O2. The van der Waals surface area contributed by atoms with Crippen LogP contribution in [0.5, 0.6) is 0 Å². The Labute approximate surface area is 184 Å². The van der Waals surface area contributed by atoms with E-state index in [9.17, 15) is 0 Å². The first-order valence-corrected chi connectivity index (χ1v) is 10.5. The molecule has 2 nitrogen and oxygen atoms in total. The molecule has 0 saturated carbocycles. The van der Waals surface area contributed by atoms with E-state index in [0.717, 1.165) is 6.42 Å². The molecular weight excluding hydrogens is 380 g/mol. The van der Waals surface area contributed by atoms with E-state index >= 15 is 0 Å². The summed E-state index contributed by atoms with van der Waals surface area (Å²) in [6, 6.07) is 42.9. The van der Waals surface area contributed by atoms with E-state index in [1.165, 1.54) is 33.4 Å². The zero-order valence-corrected chi connectivity index (χ0v) is 17.6. The summed E-state index contributed by atoms with van der Waals surface area (Å²) in [7, 11) is 0. The van der Waals surface area contributed by atoms with Crippen molar-refractivity contribution in [3.8, 4) is 0 Å². The predicted molar refractivity (Wildman–Crippen MR) is 130 cm³/mol. The lowest BCUT2D eigenvalue weighted by molar-refractivity contribution is 0.186. The van der Waals surface area contributed by atoms with E-state index < -0.39 is 0 Å². The molecule has 4 aromatic rings. The van der Waals surface area contributed by atoms with E-state index in [1.807, 2.05) is 0 Å². The molecule has 0 bridgehead atoms. The van der Waals surface area contributed by atoms with Crippen molar-refractivity contribution in [1.82, 2.24) is 0 Å². The molecule has 4 aromatic carbocycles. The van der Waals surface area contributed by atoms with Crippen LogP contribution >= 0.6 is 0 Å². The van der Waals surface area contributed by atoms with E-state index in [-0.39, 0.29) is 13.2 Å². The lowest BCUT2D eigenvalue weighted by atomic mass is 9.86. The number of aliphatic hydroxyl groups excluding tert-OH is 2. The molecule has 0 heterocycles. The van der Waals surface area contributed by atoms with Crippen LogP contribution in [0.1, 0.15) is 22.3 Å². The molecule has 0 aliphatic rings. The van der Waals surface area contributed by atoms with Gasteiger partial charge >= 0.3 is 0 Å². The van der Waals surface area contributed by atoms with Crippen LogP contribution in [0.25, 0.3) is 11.1 Å². The Morgan fingerprint density at radius 1 is 0.452 bits per heavy atom. The summed E-state index contributed by atoms with van der Waals surface area (Å²) in [5.74, 6) is 0. The highest BCUT2D eigenvalue weighted by Crippen LogP contribution is 2.34. The second-order valence-electron chi connectivity index (χ2n) is 7.06. The predicted octanol–water partition coefficient (Wildman–Crippen LogP) is 5.86. The van der Waals surface area contributed by atoms with Gasteiger partial charge in [-0.05, 0) is 39.8 Å². The van der Waals surface area contributed by atoms with Gasteiger partial charge in [0.05, 0.1) is 13.2 Å². The highest BCUT2D eigenvalue weighted by molar-refractivity contribution is 5.99. The molecule has 2 N–H and O–H groups in total. The van der Waals surface area contributed by atoms with E-state index in [2.05, 4.69) is 121 Å². The summed E-state index contributed by atoms with van der Waals surface area (Å²) < 4.78 is 0. The third-order valence-electron chi connectivity index (χ3n) is 4.87. The minimum atomic E-state index is -0.125. The lowest BCUT2D eigenvalue weighted by Crippen LogP contribution is -1.98. The Kier molecular flexibility index (Phi) is 8.81. The quantitative estimate of drug-likeness (QED) is 0.392. The van der Waals surface area contributed by atoms with Gasteiger partial charge in [0.2, 0.25) is 0 Å². The Balaban J connectivity index is 0.000000628. The minimum Gasteiger partial charge on any atom is -0.394 e. The van der Waals surface area contributed by atoms with Crippen molar-refractivity contribution >= 4 is 11.1 Å². The third-order valence-corrected chi connectivity index (χ3v) is 4.87. The fourth-order valence-corrected chi connectivity index (χ4v) is 3.50. The molecule has 31 heavy (non-hydrogen) atoms. The van der Waals surface area contributed by atoms with Crippen LogP contribution in [0.2, 0.25) is 0 Å². The molecule has 156 valence electrons. The Morgan fingerprint density at radius 2 is 0.806 bits per heavy atom. The maximum absolute atomic E-state index is 7.62. The molecule has 0 aliphatic carbocycles. The van der Waals surface area contributed by atoms with E-state index in [4.69, 9.17) is 10.2 Å². The normalized spacial score (nSPS) is 10.0. The summed E-state index contributed by atoms with van der Waals surface area (Å²) in [4.78, 5) is 0.